The molecule has 0 unspecified atom stereocenters. The molecule has 9 heteroatoms. The van der Waals surface area contributed by atoms with Crippen molar-refractivity contribution < 1.29 is 18.1 Å². The van der Waals surface area contributed by atoms with Crippen LogP contribution < -0.4 is 5.09 Å². The summed E-state index contributed by atoms with van der Waals surface area (Å²) in [6.07, 6.45) is 0. The van der Waals surface area contributed by atoms with Gasteiger partial charge in [0.15, 0.2) is 0 Å². The Kier molecular flexibility index (Phi) is 7.12. The molecule has 27 heavy (non-hydrogen) atoms. The second-order valence-electron chi connectivity index (χ2n) is 6.09. The lowest BCUT2D eigenvalue weighted by Gasteiger charge is -2.35. The Hall–Kier alpha value is -1.79. The highest BCUT2D eigenvalue weighted by Gasteiger charge is 2.43. The van der Waals surface area contributed by atoms with Gasteiger partial charge in [-0.3, -0.25) is 14.4 Å². The second kappa shape index (κ2) is 8.93. The van der Waals surface area contributed by atoms with Crippen LogP contribution in [0.5, 0.6) is 0 Å². The third kappa shape index (κ3) is 5.84. The van der Waals surface area contributed by atoms with Gasteiger partial charge in [-0.25, -0.2) is 9.34 Å². The van der Waals surface area contributed by atoms with Crippen LogP contribution in [0.4, 0.5) is 8.78 Å². The van der Waals surface area contributed by atoms with Crippen molar-refractivity contribution in [2.75, 3.05) is 14.1 Å². The Bertz CT molecular complexity index is 752. The van der Waals surface area contributed by atoms with E-state index in [9.17, 15) is 18.1 Å². The van der Waals surface area contributed by atoms with E-state index in [2.05, 4.69) is 0 Å². The molecule has 0 bridgehead atoms. The van der Waals surface area contributed by atoms with E-state index in [1.807, 2.05) is 65.8 Å². The number of hydrogen-bond acceptors (Lipinski definition) is 2. The molecule has 1 amide bonds. The van der Waals surface area contributed by atoms with E-state index in [1.165, 1.54) is 23.4 Å². The summed E-state index contributed by atoms with van der Waals surface area (Å²) in [5, 5.41) is -2.20. The van der Waals surface area contributed by atoms with Crippen LogP contribution in [0.15, 0.2) is 60.7 Å². The lowest BCUT2D eigenvalue weighted by atomic mass is 10.2. The van der Waals surface area contributed by atoms with Gasteiger partial charge in [0, 0.05) is 13.1 Å². The molecule has 0 atom stereocenters. The highest BCUT2D eigenvalue weighted by molar-refractivity contribution is 7.57. The lowest BCUT2D eigenvalue weighted by molar-refractivity contribution is -0.134. The fourth-order valence-corrected chi connectivity index (χ4v) is 4.60. The van der Waals surface area contributed by atoms with Crippen LogP contribution in [0.1, 0.15) is 11.1 Å². The van der Waals surface area contributed by atoms with Crippen LogP contribution in [0.3, 0.4) is 0 Å². The summed E-state index contributed by atoms with van der Waals surface area (Å²) in [6, 6.07) is 18.2. The molecular weight excluding hydrogens is 395 g/mol. The molecule has 146 valence electrons. The van der Waals surface area contributed by atoms with Crippen molar-refractivity contribution in [3.63, 3.8) is 0 Å². The SMILES string of the molecule is CN(Cc1ccccc1)P(=O)(NC(=O)C(F)(F)Cl)N(C)Cc1ccccc1. The smallest absolute Gasteiger partial charge is 0.276 e. The first-order chi connectivity index (χ1) is 12.6. The molecule has 2 aromatic carbocycles. The Morgan fingerprint density at radius 2 is 1.33 bits per heavy atom. The number of hydrogen-bond donors (Lipinski definition) is 1. The molecule has 0 saturated heterocycles. The van der Waals surface area contributed by atoms with E-state index >= 15 is 0 Å². The van der Waals surface area contributed by atoms with Crippen molar-refractivity contribution in [1.82, 2.24) is 14.4 Å². The second-order valence-corrected chi connectivity index (χ2v) is 9.24. The summed E-state index contributed by atoms with van der Waals surface area (Å²) in [6.45, 7) is 0.372. The molecule has 0 radical (unpaired) electrons. The van der Waals surface area contributed by atoms with Crippen molar-refractivity contribution in [3.8, 4) is 0 Å². The molecule has 0 aliphatic carbocycles. The maximum absolute atomic E-state index is 13.6. The molecule has 0 saturated carbocycles. The van der Waals surface area contributed by atoms with Crippen LogP contribution in [0, 0.1) is 0 Å². The highest BCUT2D eigenvalue weighted by atomic mass is 35.5. The van der Waals surface area contributed by atoms with Crippen molar-refractivity contribution in [1.29, 1.82) is 0 Å². The summed E-state index contributed by atoms with van der Waals surface area (Å²) >= 11 is 4.82. The fraction of sp³-hybridized carbons (Fsp3) is 0.278. The number of alkyl halides is 3. The third-order valence-corrected chi connectivity index (χ3v) is 6.74. The number of benzene rings is 2. The predicted molar refractivity (Wildman–Crippen MR) is 102 cm³/mol. The van der Waals surface area contributed by atoms with Crippen molar-refractivity contribution in [2.24, 2.45) is 0 Å². The first-order valence-corrected chi connectivity index (χ1v) is 10.1. The van der Waals surface area contributed by atoms with E-state index in [1.54, 1.807) is 0 Å². The van der Waals surface area contributed by atoms with Gasteiger partial charge in [0.05, 0.1) is 0 Å². The largest absolute Gasteiger partial charge is 0.400 e. The van der Waals surface area contributed by atoms with Gasteiger partial charge in [0.1, 0.15) is 0 Å². The van der Waals surface area contributed by atoms with Gasteiger partial charge < -0.3 is 0 Å². The van der Waals surface area contributed by atoms with Crippen LogP contribution in [-0.4, -0.2) is 34.7 Å². The van der Waals surface area contributed by atoms with Gasteiger partial charge in [-0.2, -0.15) is 8.78 Å². The van der Waals surface area contributed by atoms with E-state index in [0.29, 0.717) is 0 Å². The topological polar surface area (TPSA) is 52.7 Å². The van der Waals surface area contributed by atoms with Gasteiger partial charge in [-0.05, 0) is 36.8 Å². The summed E-state index contributed by atoms with van der Waals surface area (Å²) in [5.74, 6) is -1.80. The zero-order valence-electron chi connectivity index (χ0n) is 15.0. The normalized spacial score (nSPS) is 12.4. The minimum atomic E-state index is -4.16. The molecular formula is C18H21ClF2N3O2P. The van der Waals surface area contributed by atoms with E-state index in [4.69, 9.17) is 11.6 Å². The molecule has 0 aliphatic rings. The number of carbonyl (C=O) groups excluding carboxylic acids is 1. The minimum Gasteiger partial charge on any atom is -0.276 e. The van der Waals surface area contributed by atoms with Gasteiger partial charge in [-0.15, -0.1) is 0 Å². The zero-order valence-corrected chi connectivity index (χ0v) is 16.6. The Balaban J connectivity index is 2.29. The average molecular weight is 416 g/mol. The maximum Gasteiger partial charge on any atom is 0.400 e. The van der Waals surface area contributed by atoms with Crippen molar-refractivity contribution in [3.05, 3.63) is 71.8 Å². The summed E-state index contributed by atoms with van der Waals surface area (Å²) in [4.78, 5) is 11.8. The van der Waals surface area contributed by atoms with Crippen LogP contribution in [-0.2, 0) is 22.4 Å². The molecule has 0 spiro atoms. The molecule has 5 nitrogen and oxygen atoms in total. The Morgan fingerprint density at radius 3 is 1.67 bits per heavy atom. The molecule has 0 aliphatic heterocycles. The van der Waals surface area contributed by atoms with E-state index < -0.39 is 18.9 Å². The molecule has 1 N–H and O–H groups in total. The zero-order chi connectivity index (χ0) is 20.1. The number of amides is 1. The van der Waals surface area contributed by atoms with Crippen molar-refractivity contribution >= 4 is 25.1 Å². The lowest BCUT2D eigenvalue weighted by Crippen LogP contribution is -2.42. The molecule has 0 aromatic heterocycles. The first kappa shape index (κ1) is 21.5. The summed E-state index contributed by atoms with van der Waals surface area (Å²) in [5.41, 5.74) is 1.64. The highest BCUT2D eigenvalue weighted by Crippen LogP contribution is 2.49. The van der Waals surface area contributed by atoms with Gasteiger partial charge in [0.25, 0.3) is 0 Å². The van der Waals surface area contributed by atoms with Gasteiger partial charge in [0.2, 0.25) is 0 Å². The minimum absolute atomic E-state index is 0.186. The summed E-state index contributed by atoms with van der Waals surface area (Å²) in [7, 11) is -0.878. The number of halogens is 3. The van der Waals surface area contributed by atoms with Gasteiger partial charge >= 0.3 is 18.9 Å². The Labute approximate surface area is 162 Å². The molecule has 0 heterocycles. The standard InChI is InChI=1S/C18H21ClF2N3O2P/c1-23(13-15-9-5-3-6-10-15)27(26,22-17(25)18(19,20)21)24(2)14-16-11-7-4-8-12-16/h3-12H,13-14H2,1-2H3,(H,22,25,26). The van der Waals surface area contributed by atoms with Crippen LogP contribution >= 0.6 is 19.2 Å². The number of nitrogens with zero attached hydrogens (tertiary/aromatic N) is 2. The van der Waals surface area contributed by atoms with Crippen molar-refractivity contribution in [2.45, 2.75) is 18.5 Å². The van der Waals surface area contributed by atoms with E-state index in [0.717, 1.165) is 11.1 Å². The number of nitrogens with one attached hydrogen (secondary N) is 1. The Morgan fingerprint density at radius 1 is 0.963 bits per heavy atom. The molecule has 0 fully saturated rings. The number of rotatable bonds is 8. The maximum atomic E-state index is 13.6. The van der Waals surface area contributed by atoms with Crippen LogP contribution in [0.2, 0.25) is 0 Å². The monoisotopic (exact) mass is 415 g/mol. The first-order valence-electron chi connectivity index (χ1n) is 8.13. The number of carbonyl (C=O) groups is 1. The average Bonchev–Trinajstić information content (AvgIpc) is 2.62. The van der Waals surface area contributed by atoms with E-state index in [-0.39, 0.29) is 13.1 Å². The fourth-order valence-electron chi connectivity index (χ4n) is 2.51. The molecule has 2 aromatic rings. The quantitative estimate of drug-likeness (QED) is 0.515. The molecule has 2 rings (SSSR count). The predicted octanol–water partition coefficient (Wildman–Crippen LogP) is 4.31. The third-order valence-electron chi connectivity index (χ3n) is 3.94. The van der Waals surface area contributed by atoms with Gasteiger partial charge in [-0.1, -0.05) is 60.7 Å². The summed E-state index contributed by atoms with van der Waals surface area (Å²) < 4.78 is 42.8. The van der Waals surface area contributed by atoms with Crippen LogP contribution in [0.25, 0.3) is 0 Å².